The van der Waals surface area contributed by atoms with Crippen LogP contribution >= 0.6 is 0 Å². The summed E-state index contributed by atoms with van der Waals surface area (Å²) in [7, 11) is 0. The van der Waals surface area contributed by atoms with E-state index in [0.29, 0.717) is 0 Å². The highest BCUT2D eigenvalue weighted by Crippen LogP contribution is 2.33. The smallest absolute Gasteiger partial charge is 0.123 e. The third-order valence-corrected chi connectivity index (χ3v) is 3.47. The molecule has 21 heavy (non-hydrogen) atoms. The van der Waals surface area contributed by atoms with Crippen LogP contribution in [0.25, 0.3) is 11.3 Å². The Bertz CT molecular complexity index is 682. The van der Waals surface area contributed by atoms with Crippen LogP contribution in [0, 0.1) is 17.1 Å². The van der Waals surface area contributed by atoms with Gasteiger partial charge in [-0.25, -0.2) is 4.39 Å². The minimum absolute atomic E-state index is 0.182. The number of nitrogens with zero attached hydrogens (tertiary/aromatic N) is 3. The molecule has 0 saturated carbocycles. The Balaban J connectivity index is 2.66. The maximum absolute atomic E-state index is 13.1. The van der Waals surface area contributed by atoms with Gasteiger partial charge in [0.2, 0.25) is 0 Å². The van der Waals surface area contributed by atoms with Gasteiger partial charge in [0.1, 0.15) is 5.82 Å². The summed E-state index contributed by atoms with van der Waals surface area (Å²) in [5, 5.41) is 14.1. The third-order valence-electron chi connectivity index (χ3n) is 3.47. The fourth-order valence-electron chi connectivity index (χ4n) is 2.06. The van der Waals surface area contributed by atoms with E-state index in [-0.39, 0.29) is 11.4 Å². The zero-order valence-corrected chi connectivity index (χ0v) is 13.1. The van der Waals surface area contributed by atoms with Crippen LogP contribution in [0.1, 0.15) is 40.2 Å². The van der Waals surface area contributed by atoms with Gasteiger partial charge in [-0.1, -0.05) is 0 Å². The quantitative estimate of drug-likeness (QED) is 0.828. The van der Waals surface area contributed by atoms with Gasteiger partial charge in [0.25, 0.3) is 0 Å². The molecule has 0 N–H and O–H groups in total. The van der Waals surface area contributed by atoms with Crippen molar-refractivity contribution in [2.75, 3.05) is 0 Å². The van der Waals surface area contributed by atoms with E-state index in [4.69, 9.17) is 0 Å². The Morgan fingerprint density at radius 2 is 1.67 bits per heavy atom. The second-order valence-electron chi connectivity index (χ2n) is 6.75. The van der Waals surface area contributed by atoms with Crippen molar-refractivity contribution in [3.63, 3.8) is 0 Å². The monoisotopic (exact) mass is 285 g/mol. The molecule has 2 rings (SSSR count). The molecule has 0 saturated heterocycles. The van der Waals surface area contributed by atoms with Crippen molar-refractivity contribution < 1.29 is 4.39 Å². The van der Waals surface area contributed by atoms with Crippen molar-refractivity contribution in [1.29, 1.82) is 5.26 Å². The van der Waals surface area contributed by atoms with Crippen LogP contribution in [0.3, 0.4) is 0 Å². The van der Waals surface area contributed by atoms with Crippen LogP contribution in [0.5, 0.6) is 0 Å². The molecule has 0 radical (unpaired) electrons. The molecule has 1 heterocycles. The first-order valence-electron chi connectivity index (χ1n) is 6.93. The fourth-order valence-corrected chi connectivity index (χ4v) is 2.06. The van der Waals surface area contributed by atoms with E-state index in [9.17, 15) is 9.65 Å². The highest BCUT2D eigenvalue weighted by atomic mass is 19.1. The minimum atomic E-state index is -0.660. The lowest BCUT2D eigenvalue weighted by molar-refractivity contribution is 0.355. The van der Waals surface area contributed by atoms with Crippen molar-refractivity contribution in [2.45, 2.75) is 45.6 Å². The zero-order chi connectivity index (χ0) is 15.8. The Labute approximate surface area is 125 Å². The first-order valence-corrected chi connectivity index (χ1v) is 6.93. The van der Waals surface area contributed by atoms with E-state index in [1.165, 1.54) is 12.1 Å². The summed E-state index contributed by atoms with van der Waals surface area (Å²) in [4.78, 5) is 0. The normalized spacial score (nSPS) is 12.2. The Hall–Kier alpha value is -2.15. The van der Waals surface area contributed by atoms with Gasteiger partial charge in [-0.2, -0.15) is 10.4 Å². The van der Waals surface area contributed by atoms with Crippen molar-refractivity contribution in [3.8, 4) is 17.3 Å². The molecule has 0 amide bonds. The molecule has 110 valence electrons. The molecule has 0 atom stereocenters. The van der Waals surface area contributed by atoms with Crippen LogP contribution in [0.15, 0.2) is 30.5 Å². The number of benzene rings is 1. The number of halogens is 1. The molecule has 0 spiro atoms. The van der Waals surface area contributed by atoms with Gasteiger partial charge in [0.05, 0.1) is 22.7 Å². The molecule has 0 aliphatic rings. The van der Waals surface area contributed by atoms with E-state index >= 15 is 0 Å². The van der Waals surface area contributed by atoms with Crippen LogP contribution < -0.4 is 0 Å². The molecule has 0 fully saturated rings. The van der Waals surface area contributed by atoms with E-state index < -0.39 is 5.41 Å². The number of hydrogen-bond acceptors (Lipinski definition) is 2. The molecule has 0 aliphatic carbocycles. The summed E-state index contributed by atoms with van der Waals surface area (Å²) in [6, 6.07) is 8.53. The molecule has 1 aromatic heterocycles. The van der Waals surface area contributed by atoms with E-state index in [0.717, 1.165) is 16.8 Å². The van der Waals surface area contributed by atoms with E-state index in [1.54, 1.807) is 12.1 Å². The van der Waals surface area contributed by atoms with Crippen molar-refractivity contribution in [2.24, 2.45) is 0 Å². The topological polar surface area (TPSA) is 41.6 Å². The highest BCUT2D eigenvalue weighted by Gasteiger charge is 2.29. The summed E-state index contributed by atoms with van der Waals surface area (Å²) in [6.07, 6.45) is 1.92. The minimum Gasteiger partial charge on any atom is -0.267 e. The molecule has 0 unspecified atom stereocenters. The first-order chi connectivity index (χ1) is 9.65. The van der Waals surface area contributed by atoms with E-state index in [1.807, 2.05) is 24.7 Å². The maximum atomic E-state index is 13.1. The molecule has 1 aromatic carbocycles. The number of rotatable bonds is 2. The lowest BCUT2D eigenvalue weighted by Crippen LogP contribution is -2.22. The largest absolute Gasteiger partial charge is 0.267 e. The zero-order valence-electron chi connectivity index (χ0n) is 13.1. The molecule has 2 aromatic rings. The Morgan fingerprint density at radius 1 is 1.10 bits per heavy atom. The van der Waals surface area contributed by atoms with Crippen molar-refractivity contribution >= 4 is 0 Å². The predicted octanol–water partition coefficient (Wildman–Crippen LogP) is 4.25. The average molecular weight is 285 g/mol. The van der Waals surface area contributed by atoms with Crippen LogP contribution in [0.4, 0.5) is 4.39 Å². The van der Waals surface area contributed by atoms with Gasteiger partial charge in [0, 0.05) is 17.3 Å². The molecular formula is C17H20FN3. The van der Waals surface area contributed by atoms with Crippen LogP contribution in [-0.4, -0.2) is 9.78 Å². The standard InChI is InChI=1S/C17H20FN3/c1-16(2,3)21-10-14(17(4,5)11-19)15(20-21)12-6-8-13(18)9-7-12/h6-10H,1-5H3. The highest BCUT2D eigenvalue weighted by molar-refractivity contribution is 5.65. The van der Waals surface area contributed by atoms with Gasteiger partial charge < -0.3 is 0 Å². The molecule has 0 aliphatic heterocycles. The number of hydrogen-bond donors (Lipinski definition) is 0. The van der Waals surface area contributed by atoms with Crippen molar-refractivity contribution in [3.05, 3.63) is 41.8 Å². The summed E-state index contributed by atoms with van der Waals surface area (Å²) in [5.74, 6) is -0.282. The summed E-state index contributed by atoms with van der Waals surface area (Å²) in [6.45, 7) is 9.89. The molecule has 4 heteroatoms. The second-order valence-corrected chi connectivity index (χ2v) is 6.75. The Morgan fingerprint density at radius 3 is 2.14 bits per heavy atom. The van der Waals surface area contributed by atoms with Gasteiger partial charge in [-0.3, -0.25) is 4.68 Å². The summed E-state index contributed by atoms with van der Waals surface area (Å²) < 4.78 is 15.0. The Kier molecular flexibility index (Phi) is 3.63. The number of nitriles is 1. The molecular weight excluding hydrogens is 265 g/mol. The second kappa shape index (κ2) is 5.00. The van der Waals surface area contributed by atoms with E-state index in [2.05, 4.69) is 31.9 Å². The number of aromatic nitrogens is 2. The maximum Gasteiger partial charge on any atom is 0.123 e. The lowest BCUT2D eigenvalue weighted by Gasteiger charge is -2.19. The SMILES string of the molecule is CC(C)(C#N)c1cn(C(C)(C)C)nc1-c1ccc(F)cc1. The average Bonchev–Trinajstić information content (AvgIpc) is 2.85. The van der Waals surface area contributed by atoms with Crippen LogP contribution in [-0.2, 0) is 11.0 Å². The summed E-state index contributed by atoms with van der Waals surface area (Å²) in [5.41, 5.74) is 1.56. The van der Waals surface area contributed by atoms with Crippen LogP contribution in [0.2, 0.25) is 0 Å². The van der Waals surface area contributed by atoms with Gasteiger partial charge in [-0.05, 0) is 58.9 Å². The predicted molar refractivity (Wildman–Crippen MR) is 81.3 cm³/mol. The van der Waals surface area contributed by atoms with Gasteiger partial charge >= 0.3 is 0 Å². The third kappa shape index (κ3) is 2.97. The first kappa shape index (κ1) is 15.2. The fraction of sp³-hybridized carbons (Fsp3) is 0.412. The molecule has 0 bridgehead atoms. The summed E-state index contributed by atoms with van der Waals surface area (Å²) >= 11 is 0. The molecule has 3 nitrogen and oxygen atoms in total. The van der Waals surface area contributed by atoms with Gasteiger partial charge in [0.15, 0.2) is 0 Å². The van der Waals surface area contributed by atoms with Crippen molar-refractivity contribution in [1.82, 2.24) is 9.78 Å². The lowest BCUT2D eigenvalue weighted by atomic mass is 9.85. The van der Waals surface area contributed by atoms with Gasteiger partial charge in [-0.15, -0.1) is 0 Å².